The van der Waals surface area contributed by atoms with E-state index < -0.39 is 17.7 Å². The van der Waals surface area contributed by atoms with Crippen LogP contribution in [0.1, 0.15) is 57.7 Å². The van der Waals surface area contributed by atoms with Crippen molar-refractivity contribution in [3.8, 4) is 5.75 Å². The van der Waals surface area contributed by atoms with Crippen LogP contribution in [0.4, 0.5) is 0 Å². The Morgan fingerprint density at radius 2 is 1.86 bits per heavy atom. The third-order valence-corrected chi connectivity index (χ3v) is 6.82. The number of carbonyl (C=O) groups is 2. The number of thiazole rings is 1. The molecule has 0 radical (unpaired) electrons. The first kappa shape index (κ1) is 19.6. The molecule has 152 valence electrons. The van der Waals surface area contributed by atoms with Gasteiger partial charge in [0.25, 0.3) is 5.91 Å². The summed E-state index contributed by atoms with van der Waals surface area (Å²) in [5.74, 6) is -0.520. The van der Waals surface area contributed by atoms with Gasteiger partial charge in [-0.25, -0.2) is 4.98 Å². The van der Waals surface area contributed by atoms with Crippen LogP contribution in [0.3, 0.4) is 0 Å². The van der Waals surface area contributed by atoms with E-state index in [1.807, 2.05) is 31.2 Å². The lowest BCUT2D eigenvalue weighted by Gasteiger charge is -2.32. The first-order valence-electron chi connectivity index (χ1n) is 9.80. The summed E-state index contributed by atoms with van der Waals surface area (Å²) in [7, 11) is 1.59. The number of ether oxygens (including phenoxy) is 1. The molecule has 1 aromatic carbocycles. The molecule has 1 fully saturated rings. The Morgan fingerprint density at radius 3 is 2.41 bits per heavy atom. The zero-order valence-electron chi connectivity index (χ0n) is 16.8. The van der Waals surface area contributed by atoms with Gasteiger partial charge in [-0.15, -0.1) is 11.3 Å². The molecule has 1 unspecified atom stereocenters. The molecule has 7 heteroatoms. The number of carbonyl (C=O) groups excluding carboxylic acids is 2. The van der Waals surface area contributed by atoms with Crippen molar-refractivity contribution in [2.45, 2.75) is 51.6 Å². The Balaban J connectivity index is 1.82. The summed E-state index contributed by atoms with van der Waals surface area (Å²) in [6, 6.07) is 6.75. The summed E-state index contributed by atoms with van der Waals surface area (Å²) < 4.78 is 5.25. The molecule has 6 nitrogen and oxygen atoms in total. The Hall–Kier alpha value is -2.67. The molecule has 0 saturated heterocycles. The topological polar surface area (TPSA) is 79.7 Å². The second-order valence-corrected chi connectivity index (χ2v) is 8.77. The predicted molar refractivity (Wildman–Crippen MR) is 110 cm³/mol. The summed E-state index contributed by atoms with van der Waals surface area (Å²) in [5, 5.41) is 11.6. The quantitative estimate of drug-likeness (QED) is 0.741. The zero-order valence-corrected chi connectivity index (χ0v) is 17.6. The van der Waals surface area contributed by atoms with Crippen LogP contribution in [0.5, 0.6) is 5.75 Å². The van der Waals surface area contributed by atoms with Crippen molar-refractivity contribution >= 4 is 23.0 Å². The monoisotopic (exact) mass is 412 g/mol. The van der Waals surface area contributed by atoms with Crippen molar-refractivity contribution in [3.63, 3.8) is 0 Å². The highest BCUT2D eigenvalue weighted by atomic mass is 32.1. The van der Waals surface area contributed by atoms with Crippen molar-refractivity contribution in [3.05, 3.63) is 56.7 Å². The molecule has 2 heterocycles. The molecule has 4 rings (SSSR count). The molecule has 1 aromatic heterocycles. The third kappa shape index (κ3) is 3.33. The van der Waals surface area contributed by atoms with Crippen LogP contribution in [0.25, 0.3) is 0 Å². The van der Waals surface area contributed by atoms with E-state index in [9.17, 15) is 14.7 Å². The highest BCUT2D eigenvalue weighted by Crippen LogP contribution is 2.44. The minimum atomic E-state index is -0.606. The van der Waals surface area contributed by atoms with Crippen molar-refractivity contribution in [1.29, 1.82) is 0 Å². The second-order valence-electron chi connectivity index (χ2n) is 7.57. The molecule has 0 bridgehead atoms. The molecule has 1 aliphatic heterocycles. The molecule has 1 amide bonds. The van der Waals surface area contributed by atoms with E-state index in [1.54, 1.807) is 18.9 Å². The zero-order chi connectivity index (χ0) is 20.7. The molecule has 1 N–H and O–H groups in total. The van der Waals surface area contributed by atoms with Crippen molar-refractivity contribution in [2.24, 2.45) is 0 Å². The van der Waals surface area contributed by atoms with Gasteiger partial charge in [0.2, 0.25) is 5.78 Å². The third-order valence-electron chi connectivity index (χ3n) is 5.75. The van der Waals surface area contributed by atoms with E-state index >= 15 is 0 Å². The average Bonchev–Trinajstić information content (AvgIpc) is 3.41. The number of Topliss-reactive ketones (excluding diaryl/α,β-unsaturated/α-hetero) is 1. The van der Waals surface area contributed by atoms with E-state index in [0.717, 1.165) is 36.3 Å². The first-order chi connectivity index (χ1) is 13.9. The van der Waals surface area contributed by atoms with Crippen LogP contribution in [0.2, 0.25) is 0 Å². The van der Waals surface area contributed by atoms with Crippen LogP contribution >= 0.6 is 11.3 Å². The summed E-state index contributed by atoms with van der Waals surface area (Å²) in [6.07, 6.45) is 3.85. The molecule has 1 saturated carbocycles. The molecule has 1 aliphatic carbocycles. The smallest absolute Gasteiger partial charge is 0.290 e. The minimum Gasteiger partial charge on any atom is -0.503 e. The van der Waals surface area contributed by atoms with Crippen molar-refractivity contribution in [1.82, 2.24) is 9.88 Å². The number of hydrogen-bond acceptors (Lipinski definition) is 6. The van der Waals surface area contributed by atoms with Gasteiger partial charge in [0, 0.05) is 6.04 Å². The first-order valence-corrected chi connectivity index (χ1v) is 10.6. The molecule has 0 spiro atoms. The van der Waals surface area contributed by atoms with Gasteiger partial charge in [-0.3, -0.25) is 9.59 Å². The number of ketones is 1. The Labute approximate surface area is 173 Å². The number of aromatic nitrogens is 1. The number of nitrogens with zero attached hydrogens (tertiary/aromatic N) is 2. The maximum absolute atomic E-state index is 13.5. The van der Waals surface area contributed by atoms with E-state index in [1.165, 1.54) is 11.3 Å². The lowest BCUT2D eigenvalue weighted by molar-refractivity contribution is -0.131. The highest BCUT2D eigenvalue weighted by molar-refractivity contribution is 7.14. The molecule has 29 heavy (non-hydrogen) atoms. The van der Waals surface area contributed by atoms with E-state index in [0.29, 0.717) is 16.3 Å². The van der Waals surface area contributed by atoms with Crippen molar-refractivity contribution < 1.29 is 19.4 Å². The van der Waals surface area contributed by atoms with Crippen LogP contribution < -0.4 is 4.74 Å². The van der Waals surface area contributed by atoms with E-state index in [2.05, 4.69) is 4.98 Å². The number of aryl methyl sites for hydroxylation is 2. The van der Waals surface area contributed by atoms with Gasteiger partial charge in [-0.05, 0) is 44.4 Å². The fraction of sp³-hybridized carbons (Fsp3) is 0.409. The molecular formula is C22H24N2O4S. The van der Waals surface area contributed by atoms with Gasteiger partial charge in [0.15, 0.2) is 5.76 Å². The van der Waals surface area contributed by atoms with Gasteiger partial charge in [-0.1, -0.05) is 25.0 Å². The number of hydrogen-bond donors (Lipinski definition) is 1. The maximum Gasteiger partial charge on any atom is 0.290 e. The molecule has 1 atom stereocenters. The van der Waals surface area contributed by atoms with Crippen LogP contribution in [-0.2, 0) is 4.79 Å². The van der Waals surface area contributed by atoms with Gasteiger partial charge in [-0.2, -0.15) is 0 Å². The Kier molecular flexibility index (Phi) is 5.17. The lowest BCUT2D eigenvalue weighted by Crippen LogP contribution is -2.38. The summed E-state index contributed by atoms with van der Waals surface area (Å²) in [5.41, 5.74) is 1.56. The number of aliphatic hydroxyl groups excluding tert-OH is 1. The minimum absolute atomic E-state index is 0.0198. The number of methoxy groups -OCH3 is 1. The largest absolute Gasteiger partial charge is 0.503 e. The fourth-order valence-electron chi connectivity index (χ4n) is 4.39. The standard InChI is InChI=1S/C22H24N2O4S/c1-12-21(29-13(2)23-12)19(25)17-18(14-8-10-16(28-3)11-9-14)24(22(27)20(17)26)15-6-4-5-7-15/h8-11,15,18,26H,4-7H2,1-3H3. The summed E-state index contributed by atoms with van der Waals surface area (Å²) >= 11 is 1.29. The van der Waals surface area contributed by atoms with Gasteiger partial charge < -0.3 is 14.7 Å². The SMILES string of the molecule is COc1ccc(C2C(C(=O)c3sc(C)nc3C)=C(O)C(=O)N2C2CCCC2)cc1. The van der Waals surface area contributed by atoms with Gasteiger partial charge in [0.1, 0.15) is 5.75 Å². The van der Waals surface area contributed by atoms with Crippen molar-refractivity contribution in [2.75, 3.05) is 7.11 Å². The average molecular weight is 413 g/mol. The molecular weight excluding hydrogens is 388 g/mol. The predicted octanol–water partition coefficient (Wildman–Crippen LogP) is 4.29. The number of benzene rings is 1. The van der Waals surface area contributed by atoms with Crippen LogP contribution in [0, 0.1) is 13.8 Å². The maximum atomic E-state index is 13.5. The van der Waals surface area contributed by atoms with Gasteiger partial charge in [0.05, 0.1) is 34.3 Å². The summed E-state index contributed by atoms with van der Waals surface area (Å²) in [6.45, 7) is 3.62. The fourth-order valence-corrected chi connectivity index (χ4v) is 5.27. The highest BCUT2D eigenvalue weighted by Gasteiger charge is 2.47. The van der Waals surface area contributed by atoms with Gasteiger partial charge >= 0.3 is 0 Å². The number of rotatable bonds is 5. The molecule has 2 aliphatic rings. The normalized spacial score (nSPS) is 20.0. The number of aliphatic hydroxyl groups is 1. The Bertz CT molecular complexity index is 987. The summed E-state index contributed by atoms with van der Waals surface area (Å²) in [4.78, 5) is 33.0. The van der Waals surface area contributed by atoms with Crippen LogP contribution in [-0.4, -0.2) is 39.8 Å². The molecule has 2 aromatic rings. The Morgan fingerprint density at radius 1 is 1.21 bits per heavy atom. The number of amides is 1. The van der Waals surface area contributed by atoms with E-state index in [-0.39, 0.29) is 17.4 Å². The second kappa shape index (κ2) is 7.63. The van der Waals surface area contributed by atoms with E-state index in [4.69, 9.17) is 4.74 Å². The van der Waals surface area contributed by atoms with Crippen LogP contribution in [0.15, 0.2) is 35.6 Å². The lowest BCUT2D eigenvalue weighted by atomic mass is 9.94.